The maximum absolute atomic E-state index is 10.8. The maximum atomic E-state index is 10.8. The van der Waals surface area contributed by atoms with Crippen molar-refractivity contribution < 1.29 is 19.1 Å². The molecule has 1 aliphatic heterocycles. The molecule has 0 bridgehead atoms. The molecule has 0 aromatic carbocycles. The van der Waals surface area contributed by atoms with Gasteiger partial charge in [-0.15, -0.1) is 0 Å². The van der Waals surface area contributed by atoms with Crippen molar-refractivity contribution >= 4 is 5.97 Å². The van der Waals surface area contributed by atoms with E-state index in [0.29, 0.717) is 18.7 Å². The van der Waals surface area contributed by atoms with Gasteiger partial charge in [-0.1, -0.05) is 0 Å². The highest BCUT2D eigenvalue weighted by molar-refractivity contribution is 5.86. The van der Waals surface area contributed by atoms with E-state index in [1.165, 1.54) is 6.26 Å². The minimum absolute atomic E-state index is 0.00387. The second-order valence-electron chi connectivity index (χ2n) is 4.47. The van der Waals surface area contributed by atoms with Gasteiger partial charge in [-0.25, -0.2) is 4.79 Å². The van der Waals surface area contributed by atoms with Crippen LogP contribution in [0.1, 0.15) is 16.1 Å². The van der Waals surface area contributed by atoms with E-state index < -0.39 is 5.97 Å². The number of ether oxygens (including phenoxy) is 1. The second kappa shape index (κ2) is 5.99. The van der Waals surface area contributed by atoms with Crippen molar-refractivity contribution in [3.8, 4) is 0 Å². The number of aromatic carboxylic acids is 1. The molecule has 0 radical (unpaired) electrons. The standard InChI is InChI=1S/C12H18N2O4/c1-14-3-5-17-10(8-14)7-13-6-9-2-4-18-11(9)12(15)16/h2,4,10,13H,3,5-8H2,1H3,(H,15,16). The van der Waals surface area contributed by atoms with Crippen LogP contribution in [-0.2, 0) is 11.3 Å². The van der Waals surface area contributed by atoms with E-state index >= 15 is 0 Å². The number of hydrogen-bond acceptors (Lipinski definition) is 5. The number of rotatable bonds is 5. The molecule has 1 fully saturated rings. The molecule has 1 aromatic rings. The minimum Gasteiger partial charge on any atom is -0.475 e. The third-order valence-corrected chi connectivity index (χ3v) is 2.97. The van der Waals surface area contributed by atoms with Crippen LogP contribution in [0.5, 0.6) is 0 Å². The Morgan fingerprint density at radius 3 is 3.22 bits per heavy atom. The Morgan fingerprint density at radius 1 is 1.67 bits per heavy atom. The van der Waals surface area contributed by atoms with Crippen molar-refractivity contribution in [1.82, 2.24) is 10.2 Å². The van der Waals surface area contributed by atoms with Crippen LogP contribution in [0.15, 0.2) is 16.7 Å². The lowest BCUT2D eigenvalue weighted by Crippen LogP contribution is -2.44. The van der Waals surface area contributed by atoms with Crippen LogP contribution in [-0.4, -0.2) is 55.4 Å². The topological polar surface area (TPSA) is 74.9 Å². The highest BCUT2D eigenvalue weighted by atomic mass is 16.5. The number of hydrogen-bond donors (Lipinski definition) is 2. The Kier molecular flexibility index (Phi) is 4.35. The molecule has 2 heterocycles. The molecule has 2 N–H and O–H groups in total. The van der Waals surface area contributed by atoms with Crippen molar-refractivity contribution in [2.75, 3.05) is 33.3 Å². The average molecular weight is 254 g/mol. The summed E-state index contributed by atoms with van der Waals surface area (Å²) in [5.41, 5.74) is 0.659. The Morgan fingerprint density at radius 2 is 2.50 bits per heavy atom. The number of carbonyl (C=O) groups is 1. The first kappa shape index (κ1) is 13.1. The number of carboxylic acid groups (broad SMARTS) is 1. The molecule has 6 nitrogen and oxygen atoms in total. The zero-order valence-electron chi connectivity index (χ0n) is 10.4. The Balaban J connectivity index is 1.78. The predicted octanol–water partition coefficient (Wildman–Crippen LogP) is 0.398. The number of furan rings is 1. The van der Waals surface area contributed by atoms with Gasteiger partial charge >= 0.3 is 5.97 Å². The first-order valence-electron chi connectivity index (χ1n) is 5.97. The van der Waals surface area contributed by atoms with Crippen LogP contribution in [0.3, 0.4) is 0 Å². The van der Waals surface area contributed by atoms with Gasteiger partial charge in [0.1, 0.15) is 0 Å². The molecule has 6 heteroatoms. The Hall–Kier alpha value is -1.37. The van der Waals surface area contributed by atoms with Gasteiger partial charge < -0.3 is 24.5 Å². The van der Waals surface area contributed by atoms with Crippen molar-refractivity contribution in [1.29, 1.82) is 0 Å². The summed E-state index contributed by atoms with van der Waals surface area (Å²) in [7, 11) is 2.06. The molecule has 0 amide bonds. The van der Waals surface area contributed by atoms with Gasteiger partial charge in [0.25, 0.3) is 0 Å². The molecule has 2 rings (SSSR count). The fourth-order valence-electron chi connectivity index (χ4n) is 2.02. The molecular formula is C12H18N2O4. The molecule has 18 heavy (non-hydrogen) atoms. The Labute approximate surface area is 106 Å². The van der Waals surface area contributed by atoms with Crippen LogP contribution < -0.4 is 5.32 Å². The maximum Gasteiger partial charge on any atom is 0.372 e. The fourth-order valence-corrected chi connectivity index (χ4v) is 2.02. The molecule has 1 saturated heterocycles. The van der Waals surface area contributed by atoms with Crippen LogP contribution in [0.25, 0.3) is 0 Å². The molecule has 1 aliphatic rings. The first-order chi connectivity index (χ1) is 8.66. The number of nitrogens with one attached hydrogen (secondary N) is 1. The van der Waals surface area contributed by atoms with E-state index in [4.69, 9.17) is 14.3 Å². The van der Waals surface area contributed by atoms with Crippen molar-refractivity contribution in [3.63, 3.8) is 0 Å². The molecule has 0 spiro atoms. The Bertz CT molecular complexity index is 405. The second-order valence-corrected chi connectivity index (χ2v) is 4.47. The van der Waals surface area contributed by atoms with E-state index in [2.05, 4.69) is 17.3 Å². The predicted molar refractivity (Wildman–Crippen MR) is 64.6 cm³/mol. The van der Waals surface area contributed by atoms with Gasteiger partial charge in [-0.3, -0.25) is 0 Å². The molecular weight excluding hydrogens is 236 g/mol. The van der Waals surface area contributed by atoms with Gasteiger partial charge in [0, 0.05) is 31.7 Å². The smallest absolute Gasteiger partial charge is 0.372 e. The highest BCUT2D eigenvalue weighted by Crippen LogP contribution is 2.10. The summed E-state index contributed by atoms with van der Waals surface area (Å²) in [5.74, 6) is -1.03. The summed E-state index contributed by atoms with van der Waals surface area (Å²) >= 11 is 0. The van der Waals surface area contributed by atoms with Crippen LogP contribution in [0, 0.1) is 0 Å². The highest BCUT2D eigenvalue weighted by Gasteiger charge is 2.18. The summed E-state index contributed by atoms with van der Waals surface area (Å²) in [6.45, 7) is 3.77. The summed E-state index contributed by atoms with van der Waals surface area (Å²) < 4.78 is 10.5. The van der Waals surface area contributed by atoms with E-state index in [-0.39, 0.29) is 11.9 Å². The van der Waals surface area contributed by atoms with Gasteiger partial charge in [0.2, 0.25) is 5.76 Å². The van der Waals surface area contributed by atoms with Gasteiger partial charge in [-0.2, -0.15) is 0 Å². The van der Waals surface area contributed by atoms with Crippen LogP contribution in [0.2, 0.25) is 0 Å². The van der Waals surface area contributed by atoms with Gasteiger partial charge in [0.15, 0.2) is 0 Å². The van der Waals surface area contributed by atoms with E-state index in [0.717, 1.165) is 19.7 Å². The summed E-state index contributed by atoms with van der Waals surface area (Å²) in [6.07, 6.45) is 1.55. The van der Waals surface area contributed by atoms with Crippen LogP contribution in [0.4, 0.5) is 0 Å². The van der Waals surface area contributed by atoms with Crippen molar-refractivity contribution in [3.05, 3.63) is 23.7 Å². The number of morpholine rings is 1. The fraction of sp³-hybridized carbons (Fsp3) is 0.583. The van der Waals surface area contributed by atoms with Gasteiger partial charge in [0.05, 0.1) is 19.0 Å². The molecule has 100 valence electrons. The summed E-state index contributed by atoms with van der Waals surface area (Å²) in [6, 6.07) is 1.67. The van der Waals surface area contributed by atoms with Gasteiger partial charge in [-0.05, 0) is 13.1 Å². The summed E-state index contributed by atoms with van der Waals surface area (Å²) in [4.78, 5) is 13.1. The quantitative estimate of drug-likeness (QED) is 0.792. The number of nitrogens with zero attached hydrogens (tertiary/aromatic N) is 1. The largest absolute Gasteiger partial charge is 0.475 e. The third-order valence-electron chi connectivity index (χ3n) is 2.97. The summed E-state index contributed by atoms with van der Waals surface area (Å²) in [5, 5.41) is 12.1. The molecule has 1 unspecified atom stereocenters. The lowest BCUT2D eigenvalue weighted by atomic mass is 10.2. The monoisotopic (exact) mass is 254 g/mol. The van der Waals surface area contributed by atoms with E-state index in [9.17, 15) is 4.79 Å². The SMILES string of the molecule is CN1CCOC(CNCc2ccoc2C(=O)O)C1. The van der Waals surface area contributed by atoms with Crippen molar-refractivity contribution in [2.45, 2.75) is 12.6 Å². The molecule has 1 atom stereocenters. The third kappa shape index (κ3) is 3.32. The number of carboxylic acids is 1. The average Bonchev–Trinajstić information content (AvgIpc) is 2.77. The molecule has 1 aromatic heterocycles. The first-order valence-corrected chi connectivity index (χ1v) is 5.97. The zero-order valence-corrected chi connectivity index (χ0v) is 10.4. The minimum atomic E-state index is -1.04. The van der Waals surface area contributed by atoms with Crippen molar-refractivity contribution in [2.24, 2.45) is 0 Å². The zero-order chi connectivity index (χ0) is 13.0. The van der Waals surface area contributed by atoms with E-state index in [1.54, 1.807) is 6.07 Å². The molecule has 0 aliphatic carbocycles. The van der Waals surface area contributed by atoms with E-state index in [1.807, 2.05) is 0 Å². The normalized spacial score (nSPS) is 21.1. The lowest BCUT2D eigenvalue weighted by Gasteiger charge is -2.30. The molecule has 0 saturated carbocycles. The lowest BCUT2D eigenvalue weighted by molar-refractivity contribution is -0.0182. The van der Waals surface area contributed by atoms with Crippen LogP contribution >= 0.6 is 0 Å². The number of likely N-dealkylation sites (N-methyl/N-ethyl adjacent to an activating group) is 1.